The van der Waals surface area contributed by atoms with Gasteiger partial charge in [0.1, 0.15) is 5.82 Å². The first-order chi connectivity index (χ1) is 10.4. The van der Waals surface area contributed by atoms with E-state index in [1.165, 1.54) is 30.3 Å². The minimum Gasteiger partial charge on any atom is -0.352 e. The molecule has 0 aliphatic carbocycles. The van der Waals surface area contributed by atoms with Gasteiger partial charge in [-0.3, -0.25) is 4.79 Å². The molecular formula is C16H13F4NO. The third kappa shape index (κ3) is 4.31. The summed E-state index contributed by atoms with van der Waals surface area (Å²) in [5, 5.41) is 2.48. The highest BCUT2D eigenvalue weighted by atomic mass is 19.4. The summed E-state index contributed by atoms with van der Waals surface area (Å²) in [5.74, 6) is -0.945. The van der Waals surface area contributed by atoms with Gasteiger partial charge in [-0.25, -0.2) is 4.39 Å². The minimum atomic E-state index is -4.42. The van der Waals surface area contributed by atoms with Gasteiger partial charge in [0.05, 0.1) is 12.0 Å². The van der Waals surface area contributed by atoms with Crippen molar-refractivity contribution in [3.63, 3.8) is 0 Å². The number of hydrogen-bond donors (Lipinski definition) is 1. The number of carbonyl (C=O) groups is 1. The summed E-state index contributed by atoms with van der Waals surface area (Å²) >= 11 is 0. The van der Waals surface area contributed by atoms with Crippen LogP contribution < -0.4 is 5.32 Å². The van der Waals surface area contributed by atoms with Crippen LogP contribution in [0.1, 0.15) is 16.7 Å². The molecule has 0 fully saturated rings. The molecule has 1 amide bonds. The van der Waals surface area contributed by atoms with Gasteiger partial charge < -0.3 is 5.32 Å². The molecule has 0 aliphatic rings. The van der Waals surface area contributed by atoms with Crippen molar-refractivity contribution >= 4 is 5.91 Å². The summed E-state index contributed by atoms with van der Waals surface area (Å²) in [6.07, 6.45) is -4.58. The largest absolute Gasteiger partial charge is 0.416 e. The van der Waals surface area contributed by atoms with Gasteiger partial charge in [-0.2, -0.15) is 13.2 Å². The molecule has 0 aromatic heterocycles. The van der Waals surface area contributed by atoms with Crippen LogP contribution in [0, 0.1) is 5.82 Å². The van der Waals surface area contributed by atoms with Crippen LogP contribution in [-0.4, -0.2) is 5.91 Å². The second-order valence-electron chi connectivity index (χ2n) is 4.74. The Balaban J connectivity index is 1.96. The molecule has 0 atom stereocenters. The van der Waals surface area contributed by atoms with Crippen molar-refractivity contribution in [2.24, 2.45) is 0 Å². The van der Waals surface area contributed by atoms with Crippen molar-refractivity contribution in [3.8, 4) is 0 Å². The average molecular weight is 311 g/mol. The quantitative estimate of drug-likeness (QED) is 0.857. The van der Waals surface area contributed by atoms with Crippen LogP contribution in [0.5, 0.6) is 0 Å². The number of nitrogens with one attached hydrogen (secondary N) is 1. The fraction of sp³-hybridized carbons (Fsp3) is 0.188. The predicted molar refractivity (Wildman–Crippen MR) is 73.4 cm³/mol. The number of benzene rings is 2. The molecule has 116 valence electrons. The van der Waals surface area contributed by atoms with E-state index in [2.05, 4.69) is 5.32 Å². The Morgan fingerprint density at radius 3 is 2.45 bits per heavy atom. The molecule has 0 saturated carbocycles. The molecule has 0 bridgehead atoms. The van der Waals surface area contributed by atoms with Gasteiger partial charge in [-0.1, -0.05) is 30.3 Å². The second kappa shape index (κ2) is 6.60. The van der Waals surface area contributed by atoms with E-state index < -0.39 is 23.5 Å². The zero-order valence-electron chi connectivity index (χ0n) is 11.5. The number of alkyl halides is 3. The van der Waals surface area contributed by atoms with Gasteiger partial charge in [-0.05, 0) is 29.3 Å². The van der Waals surface area contributed by atoms with Crippen molar-refractivity contribution < 1.29 is 22.4 Å². The molecule has 1 N–H and O–H groups in total. The second-order valence-corrected chi connectivity index (χ2v) is 4.74. The van der Waals surface area contributed by atoms with E-state index in [4.69, 9.17) is 0 Å². The van der Waals surface area contributed by atoms with Crippen LogP contribution in [-0.2, 0) is 23.9 Å². The van der Waals surface area contributed by atoms with Crippen LogP contribution in [0.2, 0.25) is 0 Å². The lowest BCUT2D eigenvalue weighted by Gasteiger charge is -2.10. The molecule has 2 aromatic rings. The van der Waals surface area contributed by atoms with E-state index in [1.807, 2.05) is 0 Å². The molecule has 0 saturated heterocycles. The standard InChI is InChI=1S/C16H13F4NO/c17-14-7-2-1-5-12(14)9-15(22)21-10-11-4-3-6-13(8-11)16(18,19)20/h1-8H,9-10H2,(H,21,22). The zero-order valence-corrected chi connectivity index (χ0v) is 11.5. The van der Waals surface area contributed by atoms with Crippen LogP contribution in [0.4, 0.5) is 17.6 Å². The van der Waals surface area contributed by atoms with Crippen LogP contribution in [0.15, 0.2) is 48.5 Å². The summed E-state index contributed by atoms with van der Waals surface area (Å²) in [6.45, 7) is -0.0444. The molecule has 6 heteroatoms. The van der Waals surface area contributed by atoms with E-state index in [-0.39, 0.29) is 18.5 Å². The first-order valence-corrected chi connectivity index (χ1v) is 6.52. The molecule has 2 aromatic carbocycles. The average Bonchev–Trinajstić information content (AvgIpc) is 2.47. The van der Waals surface area contributed by atoms with Gasteiger partial charge in [0.2, 0.25) is 5.91 Å². The molecule has 2 nitrogen and oxygen atoms in total. The van der Waals surface area contributed by atoms with Gasteiger partial charge in [0, 0.05) is 6.54 Å². The van der Waals surface area contributed by atoms with Gasteiger partial charge in [0.25, 0.3) is 0 Å². The molecule has 22 heavy (non-hydrogen) atoms. The topological polar surface area (TPSA) is 29.1 Å². The van der Waals surface area contributed by atoms with Crippen LogP contribution in [0.3, 0.4) is 0 Å². The fourth-order valence-electron chi connectivity index (χ4n) is 1.94. The lowest BCUT2D eigenvalue weighted by molar-refractivity contribution is -0.137. The van der Waals surface area contributed by atoms with Crippen molar-refractivity contribution in [2.75, 3.05) is 0 Å². The summed E-state index contributed by atoms with van der Waals surface area (Å²) in [7, 11) is 0. The maximum Gasteiger partial charge on any atom is 0.416 e. The molecule has 0 unspecified atom stereocenters. The van der Waals surface area contributed by atoms with Crippen LogP contribution >= 0.6 is 0 Å². The summed E-state index contributed by atoms with van der Waals surface area (Å²) in [4.78, 5) is 11.7. The highest BCUT2D eigenvalue weighted by Crippen LogP contribution is 2.29. The Morgan fingerprint density at radius 1 is 1.05 bits per heavy atom. The molecule has 0 aliphatic heterocycles. The fourth-order valence-corrected chi connectivity index (χ4v) is 1.94. The van der Waals surface area contributed by atoms with Crippen molar-refractivity contribution in [1.82, 2.24) is 5.32 Å². The Bertz CT molecular complexity index is 667. The molecule has 2 rings (SSSR count). The summed E-state index contributed by atoms with van der Waals surface area (Å²) in [5.41, 5.74) is -0.200. The monoisotopic (exact) mass is 311 g/mol. The first kappa shape index (κ1) is 16.0. The van der Waals surface area contributed by atoms with Crippen LogP contribution in [0.25, 0.3) is 0 Å². The van der Waals surface area contributed by atoms with Crippen molar-refractivity contribution in [1.29, 1.82) is 0 Å². The Kier molecular flexibility index (Phi) is 4.80. The molecule has 0 heterocycles. The van der Waals surface area contributed by atoms with E-state index in [0.717, 1.165) is 12.1 Å². The van der Waals surface area contributed by atoms with E-state index in [1.54, 1.807) is 6.07 Å². The number of carbonyl (C=O) groups excluding carboxylic acids is 1. The van der Waals surface area contributed by atoms with Gasteiger partial charge in [0.15, 0.2) is 0 Å². The zero-order chi connectivity index (χ0) is 16.2. The van der Waals surface area contributed by atoms with E-state index >= 15 is 0 Å². The summed E-state index contributed by atoms with van der Waals surface area (Å²) < 4.78 is 51.1. The minimum absolute atomic E-state index is 0.0444. The number of hydrogen-bond acceptors (Lipinski definition) is 1. The maximum absolute atomic E-state index is 13.4. The molecular weight excluding hydrogens is 298 g/mol. The highest BCUT2D eigenvalue weighted by Gasteiger charge is 2.30. The van der Waals surface area contributed by atoms with Gasteiger partial charge in [-0.15, -0.1) is 0 Å². The number of rotatable bonds is 4. The predicted octanol–water partition coefficient (Wildman–Crippen LogP) is 3.70. The maximum atomic E-state index is 13.4. The molecule has 0 spiro atoms. The van der Waals surface area contributed by atoms with E-state index in [9.17, 15) is 22.4 Å². The Morgan fingerprint density at radius 2 is 1.77 bits per heavy atom. The molecule has 0 radical (unpaired) electrons. The Hall–Kier alpha value is -2.37. The lowest BCUT2D eigenvalue weighted by atomic mass is 10.1. The lowest BCUT2D eigenvalue weighted by Crippen LogP contribution is -2.25. The normalized spacial score (nSPS) is 11.3. The summed E-state index contributed by atoms with van der Waals surface area (Å²) in [6, 6.07) is 10.6. The third-order valence-electron chi connectivity index (χ3n) is 3.05. The smallest absolute Gasteiger partial charge is 0.352 e. The van der Waals surface area contributed by atoms with Crippen molar-refractivity contribution in [3.05, 3.63) is 71.0 Å². The number of halogens is 4. The first-order valence-electron chi connectivity index (χ1n) is 6.52. The Labute approximate surface area is 124 Å². The SMILES string of the molecule is O=C(Cc1ccccc1F)NCc1cccc(C(F)(F)F)c1. The van der Waals surface area contributed by atoms with Gasteiger partial charge >= 0.3 is 6.18 Å². The van der Waals surface area contributed by atoms with E-state index in [0.29, 0.717) is 5.56 Å². The third-order valence-corrected chi connectivity index (χ3v) is 3.05. The number of amides is 1. The highest BCUT2D eigenvalue weighted by molar-refractivity contribution is 5.78. The van der Waals surface area contributed by atoms with Crippen molar-refractivity contribution in [2.45, 2.75) is 19.1 Å².